The van der Waals surface area contributed by atoms with Crippen molar-refractivity contribution in [1.82, 2.24) is 0 Å². The molecule has 0 heterocycles. The molecular weight excluding hydrogens is 409 g/mol. The quantitative estimate of drug-likeness (QED) is 0.416. The summed E-state index contributed by atoms with van der Waals surface area (Å²) in [4.78, 5) is 11.9. The molecule has 0 spiro atoms. The number of rotatable bonds is 4. The summed E-state index contributed by atoms with van der Waals surface area (Å²) >= 11 is 2.94. The molecule has 0 atom stereocenters. The van der Waals surface area contributed by atoms with Crippen LogP contribution in [0.1, 0.15) is 17.3 Å². The Bertz CT molecular complexity index is 572. The Morgan fingerprint density at radius 3 is 2.29 bits per heavy atom. The van der Waals surface area contributed by atoms with Gasteiger partial charge in [-0.2, -0.15) is 0 Å². The van der Waals surface area contributed by atoms with Gasteiger partial charge in [-0.3, -0.25) is 0 Å². The topological polar surface area (TPSA) is 35.5 Å². The van der Waals surface area contributed by atoms with Crippen LogP contribution in [0, 0.1) is 6.92 Å². The summed E-state index contributed by atoms with van der Waals surface area (Å²) in [7, 11) is 0. The Labute approximate surface area is 159 Å². The maximum atomic E-state index is 11.9. The Balaban J connectivity index is 0.00000128. The van der Waals surface area contributed by atoms with Gasteiger partial charge in [0.05, 0.1) is 6.61 Å². The van der Waals surface area contributed by atoms with Gasteiger partial charge in [-0.1, -0.05) is 40.2 Å². The standard InChI is InChI=1S/C15H15O3.CH3Br.Y/c1-3-17-14-10-12-8-6-5-7-11(12)9-13(14)15(16)18-4-2;1-2;/h5-10H,1,3-4H2,2H3;1H3;/q-1;;. The molecule has 2 rings (SSSR count). The second kappa shape index (κ2) is 11.2. The van der Waals surface area contributed by atoms with Gasteiger partial charge < -0.3 is 16.4 Å². The minimum absolute atomic E-state index is 0. The van der Waals surface area contributed by atoms with E-state index in [0.717, 1.165) is 10.8 Å². The van der Waals surface area contributed by atoms with Crippen molar-refractivity contribution in [2.75, 3.05) is 19.0 Å². The Hall–Kier alpha value is -0.446. The summed E-state index contributed by atoms with van der Waals surface area (Å²) in [6, 6.07) is 11.4. The molecule has 21 heavy (non-hydrogen) atoms. The fraction of sp³-hybridized carbons (Fsp3) is 0.250. The van der Waals surface area contributed by atoms with Crippen LogP contribution in [0.25, 0.3) is 10.8 Å². The number of ether oxygens (including phenoxy) is 2. The number of halogens is 1. The minimum atomic E-state index is -0.369. The zero-order valence-electron chi connectivity index (χ0n) is 12.3. The summed E-state index contributed by atoms with van der Waals surface area (Å²) in [6.45, 7) is 6.02. The van der Waals surface area contributed by atoms with Crippen molar-refractivity contribution < 1.29 is 47.0 Å². The molecule has 0 amide bonds. The number of benzene rings is 2. The zero-order valence-corrected chi connectivity index (χ0v) is 16.7. The number of hydrogen-bond acceptors (Lipinski definition) is 3. The van der Waals surface area contributed by atoms with Gasteiger partial charge in [0.15, 0.2) is 0 Å². The number of alkyl halides is 1. The minimum Gasteiger partial charge on any atom is -0.524 e. The number of fused-ring (bicyclic) bond motifs is 1. The van der Waals surface area contributed by atoms with Crippen molar-refractivity contribution in [2.45, 2.75) is 6.92 Å². The molecule has 2 aromatic rings. The molecule has 0 bridgehead atoms. The van der Waals surface area contributed by atoms with Gasteiger partial charge in [-0.25, -0.2) is 4.79 Å². The van der Waals surface area contributed by atoms with Crippen LogP contribution in [-0.4, -0.2) is 25.0 Å². The first-order valence-electron chi connectivity index (χ1n) is 6.26. The second-order valence-electron chi connectivity index (χ2n) is 3.76. The first-order chi connectivity index (χ1) is 9.76. The van der Waals surface area contributed by atoms with Gasteiger partial charge in [-0.05, 0) is 42.3 Å². The number of esters is 1. The molecule has 0 unspecified atom stereocenters. The van der Waals surface area contributed by atoms with Crippen LogP contribution in [-0.2, 0) is 37.4 Å². The van der Waals surface area contributed by atoms with E-state index in [2.05, 4.69) is 22.9 Å². The number of carbonyl (C=O) groups is 1. The van der Waals surface area contributed by atoms with E-state index in [9.17, 15) is 4.79 Å². The molecular formula is C16H18BrO3Y-. The second-order valence-corrected chi connectivity index (χ2v) is 3.76. The van der Waals surface area contributed by atoms with E-state index in [-0.39, 0.29) is 45.3 Å². The van der Waals surface area contributed by atoms with Crippen molar-refractivity contribution in [1.29, 1.82) is 0 Å². The normalized spacial score (nSPS) is 9.14. The van der Waals surface area contributed by atoms with Crippen LogP contribution < -0.4 is 4.74 Å². The molecule has 1 radical (unpaired) electrons. The van der Waals surface area contributed by atoms with Crippen molar-refractivity contribution in [2.24, 2.45) is 0 Å². The Morgan fingerprint density at radius 1 is 1.19 bits per heavy atom. The van der Waals surface area contributed by atoms with Crippen molar-refractivity contribution >= 4 is 32.7 Å². The Morgan fingerprint density at radius 2 is 1.76 bits per heavy atom. The van der Waals surface area contributed by atoms with E-state index in [4.69, 9.17) is 9.47 Å². The van der Waals surface area contributed by atoms with Crippen LogP contribution in [0.2, 0.25) is 0 Å². The van der Waals surface area contributed by atoms with Gasteiger partial charge >= 0.3 is 5.97 Å². The maximum Gasteiger partial charge on any atom is 0.341 e. The number of hydrogen-bond donors (Lipinski definition) is 0. The summed E-state index contributed by atoms with van der Waals surface area (Å²) in [6.07, 6.45) is 0. The van der Waals surface area contributed by atoms with Crippen molar-refractivity contribution in [3.8, 4) is 5.75 Å². The van der Waals surface area contributed by atoms with Gasteiger partial charge in [0.1, 0.15) is 11.3 Å². The summed E-state index contributed by atoms with van der Waals surface area (Å²) in [5, 5.41) is 2.01. The Kier molecular flexibility index (Phi) is 10.9. The SMILES string of the molecule is CBr.[CH2-]COc1cc2ccccc2cc1C(=O)OCC.[Y]. The molecule has 0 fully saturated rings. The molecule has 0 aliphatic heterocycles. The predicted octanol–water partition coefficient (Wildman–Crippen LogP) is 4.24. The van der Waals surface area contributed by atoms with Crippen molar-refractivity contribution in [3.05, 3.63) is 48.9 Å². The van der Waals surface area contributed by atoms with E-state index < -0.39 is 0 Å². The van der Waals surface area contributed by atoms with E-state index in [1.807, 2.05) is 36.2 Å². The monoisotopic (exact) mass is 426 g/mol. The largest absolute Gasteiger partial charge is 0.524 e. The first kappa shape index (κ1) is 20.6. The molecule has 0 N–H and O–H groups in total. The smallest absolute Gasteiger partial charge is 0.341 e. The van der Waals surface area contributed by atoms with Crippen molar-refractivity contribution in [3.63, 3.8) is 0 Å². The zero-order chi connectivity index (χ0) is 15.0. The molecule has 0 aliphatic rings. The van der Waals surface area contributed by atoms with Gasteiger partial charge in [0.25, 0.3) is 0 Å². The summed E-state index contributed by atoms with van der Waals surface area (Å²) < 4.78 is 10.4. The fourth-order valence-corrected chi connectivity index (χ4v) is 1.82. The number of carbonyl (C=O) groups excluding carboxylic acids is 1. The summed E-state index contributed by atoms with van der Waals surface area (Å²) in [5.74, 6) is 1.96. The van der Waals surface area contributed by atoms with E-state index >= 15 is 0 Å². The molecule has 0 aromatic heterocycles. The van der Waals surface area contributed by atoms with Gasteiger partial charge in [0, 0.05) is 32.7 Å². The summed E-state index contributed by atoms with van der Waals surface area (Å²) in [5.41, 5.74) is 0.444. The average Bonchev–Trinajstić information content (AvgIpc) is 2.49. The molecule has 0 saturated carbocycles. The van der Waals surface area contributed by atoms with Crippen LogP contribution in [0.4, 0.5) is 0 Å². The van der Waals surface area contributed by atoms with E-state index in [1.165, 1.54) is 0 Å². The van der Waals surface area contributed by atoms with Gasteiger partial charge in [0.2, 0.25) is 0 Å². The fourth-order valence-electron chi connectivity index (χ4n) is 1.82. The maximum absolute atomic E-state index is 11.9. The molecule has 3 nitrogen and oxygen atoms in total. The van der Waals surface area contributed by atoms with Gasteiger partial charge in [-0.15, -0.1) is 0 Å². The first-order valence-corrected chi connectivity index (χ1v) is 7.84. The van der Waals surface area contributed by atoms with E-state index in [0.29, 0.717) is 17.9 Å². The molecule has 0 aliphatic carbocycles. The van der Waals surface area contributed by atoms with Crippen LogP contribution in [0.3, 0.4) is 0 Å². The molecule has 111 valence electrons. The molecule has 0 saturated heterocycles. The third kappa shape index (κ3) is 5.69. The third-order valence-corrected chi connectivity index (χ3v) is 2.60. The van der Waals surface area contributed by atoms with Crippen LogP contribution in [0.15, 0.2) is 36.4 Å². The van der Waals surface area contributed by atoms with E-state index in [1.54, 1.807) is 13.0 Å². The molecule has 2 aromatic carbocycles. The molecule has 5 heteroatoms. The third-order valence-electron chi connectivity index (χ3n) is 2.60. The van der Waals surface area contributed by atoms with Crippen LogP contribution in [0.5, 0.6) is 5.75 Å². The predicted molar refractivity (Wildman–Crippen MR) is 85.6 cm³/mol. The average molecular weight is 427 g/mol. The van der Waals surface area contributed by atoms with Crippen LogP contribution >= 0.6 is 15.9 Å².